The molecule has 0 spiro atoms. The van der Waals surface area contributed by atoms with Gasteiger partial charge in [-0.05, 0) is 18.1 Å². The second-order valence-electron chi connectivity index (χ2n) is 3.99. The Morgan fingerprint density at radius 1 is 1.76 bits per heavy atom. The lowest BCUT2D eigenvalue weighted by Gasteiger charge is -2.48. The number of hydrogen-bond acceptors (Lipinski definition) is 4. The lowest BCUT2D eigenvalue weighted by molar-refractivity contribution is -0.151. The fourth-order valence-corrected chi connectivity index (χ4v) is 4.23. The molecule has 1 saturated heterocycles. The number of β-lactam (4-membered cyclic amide) rings is 1. The maximum atomic E-state index is 11.9. The van der Waals surface area contributed by atoms with Gasteiger partial charge in [0.1, 0.15) is 17.4 Å². The summed E-state index contributed by atoms with van der Waals surface area (Å²) in [5, 5.41) is -0.413. The molecule has 0 saturated carbocycles. The summed E-state index contributed by atoms with van der Waals surface area (Å²) in [5.41, 5.74) is 0.684. The van der Waals surface area contributed by atoms with E-state index < -0.39 is 22.5 Å². The summed E-state index contributed by atoms with van der Waals surface area (Å²) in [7, 11) is 1.25. The largest absolute Gasteiger partial charge is 0.614 e. The van der Waals surface area contributed by atoms with Crippen molar-refractivity contribution in [2.75, 3.05) is 11.6 Å². The Kier molecular flexibility index (Phi) is 3.42. The van der Waals surface area contributed by atoms with Crippen molar-refractivity contribution in [2.45, 2.75) is 12.3 Å². The first-order valence-electron chi connectivity index (χ1n) is 5.09. The molecule has 0 aromatic rings. The average molecular weight is 276 g/mol. The molecule has 0 aliphatic carbocycles. The van der Waals surface area contributed by atoms with Crippen LogP contribution in [0, 0.1) is 5.92 Å². The van der Waals surface area contributed by atoms with Crippen molar-refractivity contribution in [3.63, 3.8) is 0 Å². The van der Waals surface area contributed by atoms with Gasteiger partial charge in [0.2, 0.25) is 11.3 Å². The first-order chi connectivity index (χ1) is 8.02. The maximum absolute atomic E-state index is 11.9. The molecule has 2 rings (SSSR count). The Balaban J connectivity index is 2.42. The number of rotatable bonds is 2. The molecule has 2 heterocycles. The van der Waals surface area contributed by atoms with Gasteiger partial charge in [-0.3, -0.25) is 9.69 Å². The predicted octanol–water partition coefficient (Wildman–Crippen LogP) is -0.863. The molecule has 92 valence electrons. The lowest BCUT2D eigenvalue weighted by Crippen LogP contribution is -2.66. The number of hydrogen-bond donors (Lipinski definition) is 0. The minimum Gasteiger partial charge on any atom is -0.614 e. The molecule has 5 nitrogen and oxygen atoms in total. The van der Waals surface area contributed by atoms with Crippen molar-refractivity contribution < 1.29 is 18.8 Å². The van der Waals surface area contributed by atoms with E-state index in [9.17, 15) is 14.1 Å². The van der Waals surface area contributed by atoms with Crippen LogP contribution < -0.4 is 0 Å². The van der Waals surface area contributed by atoms with Crippen LogP contribution >= 0.6 is 11.6 Å². The monoisotopic (exact) mass is 275 g/mol. The van der Waals surface area contributed by atoms with Crippen LogP contribution in [0.3, 0.4) is 0 Å². The van der Waals surface area contributed by atoms with Gasteiger partial charge >= 0.3 is 14.0 Å². The van der Waals surface area contributed by atoms with Crippen molar-refractivity contribution in [2.24, 2.45) is 5.92 Å². The topological polar surface area (TPSA) is 69.7 Å². The summed E-state index contributed by atoms with van der Waals surface area (Å²) in [5.74, 6) is -0.811. The number of carbonyl (C=O) groups excluding carboxylic acids is 2. The summed E-state index contributed by atoms with van der Waals surface area (Å²) in [6, 6.07) is 0. The quantitative estimate of drug-likeness (QED) is 0.284. The first kappa shape index (κ1) is 12.8. The van der Waals surface area contributed by atoms with E-state index in [4.69, 9.17) is 11.6 Å². The van der Waals surface area contributed by atoms with Crippen LogP contribution in [-0.2, 0) is 25.4 Å². The fourth-order valence-electron chi connectivity index (χ4n) is 2.13. The van der Waals surface area contributed by atoms with E-state index in [1.54, 1.807) is 6.92 Å². The maximum Gasteiger partial charge on any atom is 0.337 e. The van der Waals surface area contributed by atoms with E-state index in [0.717, 1.165) is 0 Å². The van der Waals surface area contributed by atoms with Crippen LogP contribution in [0.2, 0.25) is 0 Å². The lowest BCUT2D eigenvalue weighted by atomic mass is 9.98. The SMILES string of the molecule is BOC(=O)C1=C(CCl)C[S+]([O-])[C@@H]2[C@H](C)C(=O)N12. The highest BCUT2D eigenvalue weighted by Gasteiger charge is 2.57. The second-order valence-corrected chi connectivity index (χ2v) is 5.79. The summed E-state index contributed by atoms with van der Waals surface area (Å²) < 4.78 is 16.6. The molecule has 17 heavy (non-hydrogen) atoms. The Labute approximate surface area is 108 Å². The van der Waals surface area contributed by atoms with Crippen molar-refractivity contribution >= 4 is 42.7 Å². The minimum atomic E-state index is -1.19. The van der Waals surface area contributed by atoms with Crippen LogP contribution in [0.15, 0.2) is 11.3 Å². The third-order valence-electron chi connectivity index (χ3n) is 3.01. The van der Waals surface area contributed by atoms with E-state index in [-0.39, 0.29) is 29.2 Å². The van der Waals surface area contributed by atoms with Crippen LogP contribution in [0.25, 0.3) is 0 Å². The minimum absolute atomic E-state index is 0.0705. The molecule has 1 fully saturated rings. The molecule has 2 aliphatic rings. The molecule has 0 aromatic carbocycles. The molecule has 8 heteroatoms. The molecule has 2 aliphatic heterocycles. The normalized spacial score (nSPS) is 32.1. The van der Waals surface area contributed by atoms with Gasteiger partial charge in [0.15, 0.2) is 0 Å². The number of halogens is 1. The molecule has 1 amide bonds. The van der Waals surface area contributed by atoms with Crippen LogP contribution in [0.5, 0.6) is 0 Å². The average Bonchev–Trinajstić information content (AvgIpc) is 2.35. The highest BCUT2D eigenvalue weighted by molar-refractivity contribution is 7.92. The van der Waals surface area contributed by atoms with Crippen molar-refractivity contribution in [1.82, 2.24) is 4.90 Å². The zero-order valence-corrected chi connectivity index (χ0v) is 11.0. The van der Waals surface area contributed by atoms with Gasteiger partial charge in [0.25, 0.3) is 0 Å². The van der Waals surface area contributed by atoms with E-state index >= 15 is 0 Å². The Morgan fingerprint density at radius 3 is 2.94 bits per heavy atom. The predicted molar refractivity (Wildman–Crippen MR) is 65.2 cm³/mol. The Hall–Kier alpha value is -0.655. The van der Waals surface area contributed by atoms with E-state index in [1.165, 1.54) is 12.9 Å². The summed E-state index contributed by atoms with van der Waals surface area (Å²) in [4.78, 5) is 24.7. The van der Waals surface area contributed by atoms with E-state index in [2.05, 4.69) is 4.65 Å². The molecule has 3 atom stereocenters. The Morgan fingerprint density at radius 2 is 2.41 bits per heavy atom. The van der Waals surface area contributed by atoms with Crippen LogP contribution in [0.4, 0.5) is 0 Å². The zero-order valence-electron chi connectivity index (χ0n) is 9.44. The Bertz CT molecular complexity index is 416. The highest BCUT2D eigenvalue weighted by atomic mass is 35.5. The summed E-state index contributed by atoms with van der Waals surface area (Å²) in [6.07, 6.45) is 0. The standard InChI is InChI=1S/C9H11BClNO4S/c1-4-7(13)12-6(9(14)16-10)5(2-11)3-17(15)8(4)12/h4,8H,2-3,10H2,1H3/t4-,8-,17?/m1/s1. The van der Waals surface area contributed by atoms with Gasteiger partial charge in [-0.2, -0.15) is 0 Å². The van der Waals surface area contributed by atoms with Gasteiger partial charge in [-0.25, -0.2) is 4.79 Å². The van der Waals surface area contributed by atoms with Crippen molar-refractivity contribution in [3.8, 4) is 0 Å². The molecular formula is C9H11BClNO4S. The van der Waals surface area contributed by atoms with E-state index in [1.807, 2.05) is 0 Å². The van der Waals surface area contributed by atoms with Crippen LogP contribution in [0.1, 0.15) is 6.92 Å². The van der Waals surface area contributed by atoms with Gasteiger partial charge < -0.3 is 9.21 Å². The molecular weight excluding hydrogens is 264 g/mol. The summed E-state index contributed by atoms with van der Waals surface area (Å²) in [6.45, 7) is 1.71. The molecule has 1 unspecified atom stereocenters. The number of nitrogens with zero attached hydrogens (tertiary/aromatic N) is 1. The fraction of sp³-hybridized carbons (Fsp3) is 0.556. The van der Waals surface area contributed by atoms with E-state index in [0.29, 0.717) is 5.57 Å². The highest BCUT2D eigenvalue weighted by Crippen LogP contribution is 2.40. The van der Waals surface area contributed by atoms with Gasteiger partial charge in [-0.15, -0.1) is 11.6 Å². The summed E-state index contributed by atoms with van der Waals surface area (Å²) >= 11 is 4.53. The first-order valence-corrected chi connectivity index (χ1v) is 7.01. The number of alkyl halides is 1. The van der Waals surface area contributed by atoms with Gasteiger partial charge in [-0.1, -0.05) is 0 Å². The van der Waals surface area contributed by atoms with Crippen molar-refractivity contribution in [3.05, 3.63) is 11.3 Å². The third-order valence-corrected chi connectivity index (χ3v) is 5.12. The van der Waals surface area contributed by atoms with Crippen LogP contribution in [-0.4, -0.2) is 46.4 Å². The van der Waals surface area contributed by atoms with Gasteiger partial charge in [0.05, 0.1) is 5.88 Å². The second kappa shape index (κ2) is 4.55. The molecule has 0 N–H and O–H groups in total. The number of amides is 1. The third kappa shape index (κ3) is 1.77. The number of carbonyl (C=O) groups is 2. The zero-order chi connectivity index (χ0) is 12.7. The molecule has 0 aromatic heterocycles. The smallest absolute Gasteiger partial charge is 0.337 e. The molecule has 0 radical (unpaired) electrons. The number of fused-ring (bicyclic) bond motifs is 1. The molecule has 0 bridgehead atoms. The van der Waals surface area contributed by atoms with Gasteiger partial charge in [0, 0.05) is 5.57 Å². The van der Waals surface area contributed by atoms with Crippen molar-refractivity contribution in [1.29, 1.82) is 0 Å².